The number of rotatable bonds is 3. The first-order valence-electron chi connectivity index (χ1n) is 5.82. The number of benzene rings is 1. The van der Waals surface area contributed by atoms with Crippen LogP contribution in [0.5, 0.6) is 5.75 Å². The van der Waals surface area contributed by atoms with Gasteiger partial charge < -0.3 is 10.5 Å². The minimum Gasteiger partial charge on any atom is -0.496 e. The maximum Gasteiger partial charge on any atom is 0.131 e. The van der Waals surface area contributed by atoms with Crippen molar-refractivity contribution >= 4 is 0 Å². The molecule has 3 heteroatoms. The Labute approximate surface area is 95.6 Å². The lowest BCUT2D eigenvalue weighted by molar-refractivity contribution is 0.374. The maximum atomic E-state index is 13.8. The van der Waals surface area contributed by atoms with Gasteiger partial charge in [-0.25, -0.2) is 4.39 Å². The predicted molar refractivity (Wildman–Crippen MR) is 61.8 cm³/mol. The molecular weight excluding hydrogens is 205 g/mol. The highest BCUT2D eigenvalue weighted by molar-refractivity contribution is 5.37. The molecule has 1 aliphatic rings. The standard InChI is InChI=1S/C13H18FNO/c1-16-11-8-4-7-10(14)12(11)13(15)9-5-2-3-6-9/h4,7-9,13H,2-3,5-6,15H2,1H3/t13-/m1/s1. The van der Waals surface area contributed by atoms with Crippen molar-refractivity contribution in [2.45, 2.75) is 31.7 Å². The minimum absolute atomic E-state index is 0.237. The summed E-state index contributed by atoms with van der Waals surface area (Å²) < 4.78 is 19.0. The van der Waals surface area contributed by atoms with E-state index in [9.17, 15) is 4.39 Å². The first-order chi connectivity index (χ1) is 7.74. The van der Waals surface area contributed by atoms with Crippen LogP contribution in [0.1, 0.15) is 37.3 Å². The molecule has 1 aliphatic carbocycles. The lowest BCUT2D eigenvalue weighted by atomic mass is 9.91. The van der Waals surface area contributed by atoms with Crippen LogP contribution in [-0.4, -0.2) is 7.11 Å². The van der Waals surface area contributed by atoms with Gasteiger partial charge in [0.15, 0.2) is 0 Å². The predicted octanol–water partition coefficient (Wildman–Crippen LogP) is 3.02. The summed E-state index contributed by atoms with van der Waals surface area (Å²) in [4.78, 5) is 0. The third-order valence-electron chi connectivity index (χ3n) is 3.47. The topological polar surface area (TPSA) is 35.2 Å². The average molecular weight is 223 g/mol. The quantitative estimate of drug-likeness (QED) is 0.854. The molecule has 88 valence electrons. The molecule has 1 saturated carbocycles. The largest absolute Gasteiger partial charge is 0.496 e. The maximum absolute atomic E-state index is 13.8. The fourth-order valence-electron chi connectivity index (χ4n) is 2.57. The van der Waals surface area contributed by atoms with Gasteiger partial charge in [0.2, 0.25) is 0 Å². The molecule has 0 saturated heterocycles. The van der Waals surface area contributed by atoms with Gasteiger partial charge in [-0.1, -0.05) is 18.9 Å². The van der Waals surface area contributed by atoms with Gasteiger partial charge in [0, 0.05) is 11.6 Å². The zero-order valence-corrected chi connectivity index (χ0v) is 9.58. The van der Waals surface area contributed by atoms with E-state index in [4.69, 9.17) is 10.5 Å². The summed E-state index contributed by atoms with van der Waals surface area (Å²) in [6.07, 6.45) is 4.60. The van der Waals surface area contributed by atoms with Crippen molar-refractivity contribution in [2.75, 3.05) is 7.11 Å². The second-order valence-corrected chi connectivity index (χ2v) is 4.43. The fourth-order valence-corrected chi connectivity index (χ4v) is 2.57. The molecule has 0 aliphatic heterocycles. The van der Waals surface area contributed by atoms with E-state index in [2.05, 4.69) is 0 Å². The third kappa shape index (κ3) is 2.05. The van der Waals surface area contributed by atoms with Crippen molar-refractivity contribution in [3.63, 3.8) is 0 Å². The van der Waals surface area contributed by atoms with Crippen LogP contribution in [0.4, 0.5) is 4.39 Å². The molecule has 1 fully saturated rings. The summed E-state index contributed by atoms with van der Waals surface area (Å²) >= 11 is 0. The van der Waals surface area contributed by atoms with E-state index >= 15 is 0 Å². The highest BCUT2D eigenvalue weighted by atomic mass is 19.1. The van der Waals surface area contributed by atoms with Crippen LogP contribution in [0.3, 0.4) is 0 Å². The second-order valence-electron chi connectivity index (χ2n) is 4.43. The van der Waals surface area contributed by atoms with Crippen molar-refractivity contribution in [2.24, 2.45) is 11.7 Å². The van der Waals surface area contributed by atoms with Crippen molar-refractivity contribution in [1.82, 2.24) is 0 Å². The lowest BCUT2D eigenvalue weighted by Gasteiger charge is -2.21. The molecule has 0 heterocycles. The SMILES string of the molecule is COc1cccc(F)c1[C@H](N)C1CCCC1. The summed E-state index contributed by atoms with van der Waals surface area (Å²) in [5.74, 6) is 0.712. The molecule has 2 nitrogen and oxygen atoms in total. The van der Waals surface area contributed by atoms with E-state index in [-0.39, 0.29) is 11.9 Å². The smallest absolute Gasteiger partial charge is 0.131 e. The van der Waals surface area contributed by atoms with Crippen LogP contribution >= 0.6 is 0 Å². The molecule has 0 unspecified atom stereocenters. The Kier molecular flexibility index (Phi) is 3.44. The molecule has 1 atom stereocenters. The molecule has 0 aromatic heterocycles. The van der Waals surface area contributed by atoms with Crippen molar-refractivity contribution in [1.29, 1.82) is 0 Å². The van der Waals surface area contributed by atoms with Gasteiger partial charge in [0.25, 0.3) is 0 Å². The van der Waals surface area contributed by atoms with Crippen LogP contribution < -0.4 is 10.5 Å². The average Bonchev–Trinajstić information content (AvgIpc) is 2.81. The van der Waals surface area contributed by atoms with Gasteiger partial charge in [-0.15, -0.1) is 0 Å². The molecule has 2 N–H and O–H groups in total. The third-order valence-corrected chi connectivity index (χ3v) is 3.47. The first kappa shape index (κ1) is 11.4. The number of halogens is 1. The fraction of sp³-hybridized carbons (Fsp3) is 0.538. The molecule has 1 aromatic rings. The highest BCUT2D eigenvalue weighted by Crippen LogP contribution is 2.38. The van der Waals surface area contributed by atoms with E-state index in [0.717, 1.165) is 12.8 Å². The zero-order chi connectivity index (χ0) is 11.5. The van der Waals surface area contributed by atoms with Crippen molar-refractivity contribution in [3.05, 3.63) is 29.6 Å². The summed E-state index contributed by atoms with van der Waals surface area (Å²) in [5, 5.41) is 0. The molecule has 2 rings (SSSR count). The Morgan fingerprint density at radius 1 is 1.38 bits per heavy atom. The lowest BCUT2D eigenvalue weighted by Crippen LogP contribution is -2.21. The first-order valence-corrected chi connectivity index (χ1v) is 5.82. The zero-order valence-electron chi connectivity index (χ0n) is 9.58. The molecule has 0 spiro atoms. The van der Waals surface area contributed by atoms with Gasteiger partial charge in [-0.05, 0) is 30.9 Å². The molecule has 0 amide bonds. The van der Waals surface area contributed by atoms with Gasteiger partial charge in [-0.3, -0.25) is 0 Å². The van der Waals surface area contributed by atoms with Crippen LogP contribution in [-0.2, 0) is 0 Å². The number of nitrogens with two attached hydrogens (primary N) is 1. The number of hydrogen-bond acceptors (Lipinski definition) is 2. The Morgan fingerprint density at radius 2 is 2.06 bits per heavy atom. The summed E-state index contributed by atoms with van der Waals surface area (Å²) in [7, 11) is 1.56. The van der Waals surface area contributed by atoms with Gasteiger partial charge >= 0.3 is 0 Å². The minimum atomic E-state index is -0.251. The van der Waals surface area contributed by atoms with E-state index in [0.29, 0.717) is 17.2 Å². The Morgan fingerprint density at radius 3 is 2.69 bits per heavy atom. The van der Waals surface area contributed by atoms with E-state index in [1.807, 2.05) is 0 Å². The number of hydrogen-bond donors (Lipinski definition) is 1. The van der Waals surface area contributed by atoms with Crippen LogP contribution in [0.25, 0.3) is 0 Å². The van der Waals surface area contributed by atoms with Crippen molar-refractivity contribution < 1.29 is 9.13 Å². The van der Waals surface area contributed by atoms with Crippen LogP contribution in [0.15, 0.2) is 18.2 Å². The highest BCUT2D eigenvalue weighted by Gasteiger charge is 2.27. The van der Waals surface area contributed by atoms with Crippen LogP contribution in [0.2, 0.25) is 0 Å². The molecule has 0 bridgehead atoms. The molecule has 16 heavy (non-hydrogen) atoms. The van der Waals surface area contributed by atoms with E-state index in [1.165, 1.54) is 18.9 Å². The molecule has 0 radical (unpaired) electrons. The van der Waals surface area contributed by atoms with Crippen molar-refractivity contribution in [3.8, 4) is 5.75 Å². The van der Waals surface area contributed by atoms with E-state index in [1.54, 1.807) is 19.2 Å². The van der Waals surface area contributed by atoms with Crippen LogP contribution in [0, 0.1) is 11.7 Å². The Hall–Kier alpha value is -1.09. The summed E-state index contributed by atoms with van der Waals surface area (Å²) in [6, 6.07) is 4.64. The summed E-state index contributed by atoms with van der Waals surface area (Å²) in [6.45, 7) is 0. The second kappa shape index (κ2) is 4.83. The molecule has 1 aromatic carbocycles. The Bertz CT molecular complexity index is 361. The van der Waals surface area contributed by atoms with Gasteiger partial charge in [0.05, 0.1) is 7.11 Å². The number of ether oxygens (including phenoxy) is 1. The van der Waals surface area contributed by atoms with Gasteiger partial charge in [-0.2, -0.15) is 0 Å². The monoisotopic (exact) mass is 223 g/mol. The van der Waals surface area contributed by atoms with E-state index < -0.39 is 0 Å². The Balaban J connectivity index is 2.30. The normalized spacial score (nSPS) is 18.7. The summed E-state index contributed by atoms with van der Waals surface area (Å²) in [5.41, 5.74) is 6.70. The number of methoxy groups -OCH3 is 1. The van der Waals surface area contributed by atoms with Gasteiger partial charge in [0.1, 0.15) is 11.6 Å². The molecular formula is C13H18FNO.